The maximum Gasteiger partial charge on any atom is 0.481 e. The van der Waals surface area contributed by atoms with Gasteiger partial charge < -0.3 is 57.8 Å². The van der Waals surface area contributed by atoms with E-state index in [0.29, 0.717) is 43.2 Å². The minimum absolute atomic E-state index is 0.0221. The second-order valence-corrected chi connectivity index (χ2v) is 20.1. The number of rotatable bonds is 27. The van der Waals surface area contributed by atoms with E-state index >= 15 is 0 Å². The van der Waals surface area contributed by atoms with E-state index in [-0.39, 0.29) is 43.2 Å². The summed E-state index contributed by atoms with van der Waals surface area (Å²) in [5.74, 6) is -4.73. The van der Waals surface area contributed by atoms with Crippen LogP contribution in [-0.2, 0) is 44.5 Å². The zero-order valence-electron chi connectivity index (χ0n) is 42.1. The van der Waals surface area contributed by atoms with E-state index < -0.39 is 90.8 Å². The van der Waals surface area contributed by atoms with Gasteiger partial charge in [-0.2, -0.15) is 0 Å². The molecule has 70 heavy (non-hydrogen) atoms. The van der Waals surface area contributed by atoms with Gasteiger partial charge in [0, 0.05) is 18.5 Å². The predicted octanol–water partition coefficient (Wildman–Crippen LogP) is 2.71. The Morgan fingerprint density at radius 3 is 1.99 bits per heavy atom. The lowest BCUT2D eigenvalue weighted by Gasteiger charge is -2.64. The first kappa shape index (κ1) is 55.6. The number of nitrogens with two attached hydrogens (primary N) is 2. The Bertz CT molecular complexity index is 2140. The summed E-state index contributed by atoms with van der Waals surface area (Å²) in [6, 6.07) is 10.2. The average molecular weight is 973 g/mol. The number of primary amides is 1. The lowest BCUT2D eigenvalue weighted by Crippen LogP contribution is -2.65. The average Bonchev–Trinajstić information content (AvgIpc) is 3.69. The van der Waals surface area contributed by atoms with Gasteiger partial charge in [0.1, 0.15) is 24.2 Å². The van der Waals surface area contributed by atoms with Crippen molar-refractivity contribution >= 4 is 48.5 Å². The van der Waals surface area contributed by atoms with Crippen molar-refractivity contribution in [1.29, 1.82) is 0 Å². The molecule has 1 saturated heterocycles. The highest BCUT2D eigenvalue weighted by molar-refractivity contribution is 6.48. The second kappa shape index (κ2) is 25.1. The molecule has 7 amide bonds. The first-order valence-electron chi connectivity index (χ1n) is 25.2. The van der Waals surface area contributed by atoms with Gasteiger partial charge in [0.25, 0.3) is 5.91 Å². The lowest BCUT2D eigenvalue weighted by molar-refractivity contribution is -0.199. The highest BCUT2D eigenvalue weighted by Gasteiger charge is 2.68. The van der Waals surface area contributed by atoms with Crippen molar-refractivity contribution in [1.82, 2.24) is 31.9 Å². The van der Waals surface area contributed by atoms with Gasteiger partial charge in [-0.15, -0.1) is 0 Å². The third-order valence-electron chi connectivity index (χ3n) is 14.7. The van der Waals surface area contributed by atoms with Crippen molar-refractivity contribution < 1.29 is 48.0 Å². The number of unbranched alkanes of at least 4 members (excludes halogenated alkanes) is 2. The van der Waals surface area contributed by atoms with Crippen LogP contribution in [0.4, 0.5) is 0 Å². The Hall–Kier alpha value is -5.37. The Balaban J connectivity index is 1.13. The summed E-state index contributed by atoms with van der Waals surface area (Å²) >= 11 is 0. The molecule has 1 unspecified atom stereocenters. The molecule has 1 aliphatic heterocycles. The molecule has 6 rings (SSSR count). The van der Waals surface area contributed by atoms with E-state index in [1.807, 2.05) is 19.1 Å². The Morgan fingerprint density at radius 2 is 1.40 bits per heavy atom. The van der Waals surface area contributed by atoms with Gasteiger partial charge in [-0.1, -0.05) is 77.4 Å². The zero-order chi connectivity index (χ0) is 51.3. The van der Waals surface area contributed by atoms with Crippen molar-refractivity contribution in [3.63, 3.8) is 0 Å². The molecule has 384 valence electrons. The molecule has 10 atom stereocenters. The minimum atomic E-state index is -1.57. The number of carbonyl (C=O) groups is 7. The third kappa shape index (κ3) is 13.9. The molecule has 11 N–H and O–H groups in total. The summed E-state index contributed by atoms with van der Waals surface area (Å²) in [5.41, 5.74) is 14.5. The largest absolute Gasteiger partial charge is 0.481 e. The molecule has 2 bridgehead atoms. The van der Waals surface area contributed by atoms with Crippen LogP contribution in [-0.4, -0.2) is 115 Å². The molecule has 18 nitrogen and oxygen atoms in total. The smallest absolute Gasteiger partial charge is 0.404 e. The topological polar surface area (TPSA) is 282 Å². The van der Waals surface area contributed by atoms with Gasteiger partial charge in [0.2, 0.25) is 35.4 Å². The molecule has 19 heteroatoms. The van der Waals surface area contributed by atoms with Crippen molar-refractivity contribution in [2.24, 2.45) is 28.7 Å². The molecular weight excluding hydrogens is 895 g/mol. The van der Waals surface area contributed by atoms with Crippen LogP contribution in [0.3, 0.4) is 0 Å². The molecule has 2 aromatic rings. The highest BCUT2D eigenvalue weighted by Crippen LogP contribution is 2.65. The van der Waals surface area contributed by atoms with E-state index in [1.165, 1.54) is 12.5 Å². The van der Waals surface area contributed by atoms with Gasteiger partial charge in [0.05, 0.1) is 30.2 Å². The number of aryl methyl sites for hydroxylation is 1. The number of carbonyl (C=O) groups excluding carboxylic acids is 7. The van der Waals surface area contributed by atoms with Crippen LogP contribution < -0.4 is 43.4 Å². The van der Waals surface area contributed by atoms with E-state index in [9.17, 15) is 38.7 Å². The van der Waals surface area contributed by atoms with Crippen LogP contribution in [0, 0.1) is 17.3 Å². The van der Waals surface area contributed by atoms with Crippen LogP contribution in [0.2, 0.25) is 0 Å². The molecule has 4 aliphatic rings. The number of nitrogens with one attached hydrogen (secondary N) is 6. The van der Waals surface area contributed by atoms with Gasteiger partial charge >= 0.3 is 7.12 Å². The van der Waals surface area contributed by atoms with Crippen LogP contribution in [0.15, 0.2) is 48.5 Å². The summed E-state index contributed by atoms with van der Waals surface area (Å²) in [6.07, 6.45) is 4.53. The van der Waals surface area contributed by atoms with Gasteiger partial charge in [-0.3, -0.25) is 33.6 Å². The van der Waals surface area contributed by atoms with Crippen LogP contribution in [0.1, 0.15) is 135 Å². The maximum atomic E-state index is 13.8. The summed E-state index contributed by atoms with van der Waals surface area (Å²) < 4.78 is 13.0. The molecule has 0 spiro atoms. The van der Waals surface area contributed by atoms with Crippen LogP contribution >= 0.6 is 0 Å². The monoisotopic (exact) mass is 973 g/mol. The Morgan fingerprint density at radius 1 is 0.771 bits per heavy atom. The van der Waals surface area contributed by atoms with E-state index in [4.69, 9.17) is 20.8 Å². The minimum Gasteiger partial charge on any atom is -0.404 e. The van der Waals surface area contributed by atoms with Crippen molar-refractivity contribution in [2.75, 3.05) is 13.1 Å². The predicted molar refractivity (Wildman–Crippen MR) is 266 cm³/mol. The van der Waals surface area contributed by atoms with E-state index in [2.05, 4.69) is 83.9 Å². The molecule has 3 saturated carbocycles. The highest BCUT2D eigenvalue weighted by atomic mass is 16.7. The summed E-state index contributed by atoms with van der Waals surface area (Å²) in [5, 5.41) is 26.6. The Labute approximate surface area is 413 Å². The van der Waals surface area contributed by atoms with Crippen molar-refractivity contribution in [3.05, 3.63) is 59.7 Å². The SMILES string of the molecule is CCCCc1ccc(-c2ccc(C(=O)NCCC(=O)N[C@@H](CCCCN)C(=O)N[C@H](C(=O)N[C@@H](CC)C(=O)N[C@@H](CC(N)=O)C(=O)N[C@@H](CC)B3OC4C[C@@H]5C[C@@H](C5(C)C)[C@]4(C)O3)[C@@H](C)O)cc2)cc1. The molecule has 4 fully saturated rings. The summed E-state index contributed by atoms with van der Waals surface area (Å²) in [4.78, 5) is 93.1. The second-order valence-electron chi connectivity index (χ2n) is 20.1. The molecule has 1 heterocycles. The number of hydrogen-bond acceptors (Lipinski definition) is 11. The molecule has 0 aromatic heterocycles. The summed E-state index contributed by atoms with van der Waals surface area (Å²) in [7, 11) is -0.750. The number of hydrogen-bond donors (Lipinski definition) is 9. The fourth-order valence-corrected chi connectivity index (χ4v) is 10.2. The zero-order valence-corrected chi connectivity index (χ0v) is 42.1. The van der Waals surface area contributed by atoms with Crippen LogP contribution in [0.25, 0.3) is 11.1 Å². The first-order valence-corrected chi connectivity index (χ1v) is 25.2. The molecular formula is C51H77BN8O10. The van der Waals surface area contributed by atoms with Gasteiger partial charge in [0.15, 0.2) is 0 Å². The van der Waals surface area contributed by atoms with Gasteiger partial charge in [-0.25, -0.2) is 0 Å². The van der Waals surface area contributed by atoms with Gasteiger partial charge in [-0.05, 0) is 124 Å². The number of aliphatic hydroxyl groups excluding tert-OH is 1. The van der Waals surface area contributed by atoms with Crippen LogP contribution in [0.5, 0.6) is 0 Å². The fourth-order valence-electron chi connectivity index (χ4n) is 10.2. The maximum absolute atomic E-state index is 13.8. The number of benzene rings is 2. The van der Waals surface area contributed by atoms with E-state index in [1.54, 1.807) is 19.1 Å². The Kier molecular flexibility index (Phi) is 20.0. The van der Waals surface area contributed by atoms with Crippen molar-refractivity contribution in [2.45, 2.75) is 173 Å². The number of amides is 7. The standard InChI is InChI=1S/C51H77BN8O10/c1-8-11-14-31-16-18-32(19-17-31)33-20-22-34(23-21-33)45(64)55-26-24-43(63)56-37(15-12-13-25-53)47(66)60-44(30(4)61)49(68)57-36(9-2)46(65)58-38(29-42(54)62)48(67)59-41(10-3)52-69-40-28-35-27-39(50(35,5)6)51(40,7)70-52/h16-23,30,35-41,44,61H,8-15,24-29,53H2,1-7H3,(H2,54,62)(H,55,64)(H,56,63)(H,57,68)(H,58,65)(H,59,67)(H,60,66)/t30-,35+,36+,37+,38+,39+,40?,41+,44+,51+/m1/s1. The first-order chi connectivity index (χ1) is 33.2. The number of aliphatic hydroxyl groups is 1. The quantitative estimate of drug-likeness (QED) is 0.0464. The molecule has 2 aromatic carbocycles. The molecule has 0 radical (unpaired) electrons. The summed E-state index contributed by atoms with van der Waals surface area (Å²) in [6.45, 7) is 13.8. The third-order valence-corrected chi connectivity index (χ3v) is 14.7. The fraction of sp³-hybridized carbons (Fsp3) is 0.627. The van der Waals surface area contributed by atoms with E-state index in [0.717, 1.165) is 43.2 Å². The van der Waals surface area contributed by atoms with Crippen molar-refractivity contribution in [3.8, 4) is 11.1 Å². The molecule has 3 aliphatic carbocycles. The normalized spacial score (nSPS) is 22.4. The lowest BCUT2D eigenvalue weighted by atomic mass is 9.43.